The average molecular weight is 349 g/mol. The molecular formula is C19H25ClN2O2. The van der Waals surface area contributed by atoms with Crippen LogP contribution >= 0.6 is 11.6 Å². The minimum atomic E-state index is 0.0456. The Morgan fingerprint density at radius 1 is 1.33 bits per heavy atom. The van der Waals surface area contributed by atoms with Gasteiger partial charge in [0.15, 0.2) is 0 Å². The summed E-state index contributed by atoms with van der Waals surface area (Å²) in [6.07, 6.45) is 3.10. The van der Waals surface area contributed by atoms with Crippen molar-refractivity contribution in [3.05, 3.63) is 47.0 Å². The van der Waals surface area contributed by atoms with E-state index in [0.29, 0.717) is 30.6 Å². The number of carbonyl (C=O) groups is 1. The fraction of sp³-hybridized carbons (Fsp3) is 0.526. The molecule has 1 aliphatic heterocycles. The highest BCUT2D eigenvalue weighted by Crippen LogP contribution is 2.35. The van der Waals surface area contributed by atoms with E-state index in [4.69, 9.17) is 16.3 Å². The van der Waals surface area contributed by atoms with Gasteiger partial charge in [0.05, 0.1) is 13.2 Å². The van der Waals surface area contributed by atoms with E-state index in [9.17, 15) is 4.79 Å². The van der Waals surface area contributed by atoms with Crippen molar-refractivity contribution < 1.29 is 9.53 Å². The summed E-state index contributed by atoms with van der Waals surface area (Å²) in [5, 5.41) is 3.61. The maximum absolute atomic E-state index is 12.4. The molecule has 1 N–H and O–H groups in total. The van der Waals surface area contributed by atoms with E-state index < -0.39 is 0 Å². The predicted molar refractivity (Wildman–Crippen MR) is 96.0 cm³/mol. The first-order valence-electron chi connectivity index (χ1n) is 8.63. The van der Waals surface area contributed by atoms with E-state index in [-0.39, 0.29) is 11.9 Å². The normalized spacial score (nSPS) is 22.6. The molecule has 0 aromatic heterocycles. The van der Waals surface area contributed by atoms with Gasteiger partial charge in [0.25, 0.3) is 0 Å². The Hall–Kier alpha value is -1.36. The van der Waals surface area contributed by atoms with E-state index >= 15 is 0 Å². The molecule has 5 heteroatoms. The van der Waals surface area contributed by atoms with Crippen molar-refractivity contribution in [3.63, 3.8) is 0 Å². The van der Waals surface area contributed by atoms with Crippen LogP contribution in [0.1, 0.15) is 30.0 Å². The molecule has 1 fully saturated rings. The van der Waals surface area contributed by atoms with Crippen LogP contribution in [-0.2, 0) is 16.0 Å². The molecule has 0 spiro atoms. The monoisotopic (exact) mass is 348 g/mol. The van der Waals surface area contributed by atoms with Crippen LogP contribution in [0.4, 0.5) is 0 Å². The van der Waals surface area contributed by atoms with Crippen LogP contribution in [0.3, 0.4) is 0 Å². The van der Waals surface area contributed by atoms with Crippen molar-refractivity contribution in [2.45, 2.75) is 25.3 Å². The summed E-state index contributed by atoms with van der Waals surface area (Å²) in [7, 11) is 0. The Kier molecular flexibility index (Phi) is 5.93. The average Bonchev–Trinajstić information content (AvgIpc) is 3.21. The smallest absolute Gasteiger partial charge is 0.234 e. The van der Waals surface area contributed by atoms with E-state index in [1.807, 2.05) is 0 Å². The number of nitrogens with one attached hydrogen (secondary N) is 1. The molecular weight excluding hydrogens is 324 g/mol. The van der Waals surface area contributed by atoms with Gasteiger partial charge in [-0.2, -0.15) is 0 Å². The van der Waals surface area contributed by atoms with E-state index in [2.05, 4.69) is 41.1 Å². The molecule has 1 aromatic carbocycles. The van der Waals surface area contributed by atoms with Crippen molar-refractivity contribution in [3.8, 4) is 0 Å². The zero-order chi connectivity index (χ0) is 16.9. The molecule has 0 radical (unpaired) electrons. The third-order valence-corrected chi connectivity index (χ3v) is 4.99. The van der Waals surface area contributed by atoms with Gasteiger partial charge in [-0.3, -0.25) is 9.69 Å². The summed E-state index contributed by atoms with van der Waals surface area (Å²) in [6, 6.07) is 8.69. The topological polar surface area (TPSA) is 41.6 Å². The second-order valence-corrected chi connectivity index (χ2v) is 7.24. The van der Waals surface area contributed by atoms with Crippen LogP contribution in [0.2, 0.25) is 0 Å². The first kappa shape index (κ1) is 17.5. The maximum Gasteiger partial charge on any atom is 0.234 e. The molecule has 24 heavy (non-hydrogen) atoms. The van der Waals surface area contributed by atoms with Crippen LogP contribution in [0.25, 0.3) is 0 Å². The Morgan fingerprint density at radius 2 is 2.17 bits per heavy atom. The van der Waals surface area contributed by atoms with Crippen LogP contribution in [0, 0.1) is 5.92 Å². The lowest BCUT2D eigenvalue weighted by Crippen LogP contribution is -2.41. The molecule has 2 aliphatic rings. The lowest BCUT2D eigenvalue weighted by molar-refractivity contribution is -0.122. The molecule has 2 atom stereocenters. The number of carbonyl (C=O) groups excluding carboxylic acids is 1. The largest absolute Gasteiger partial charge is 0.381 e. The Morgan fingerprint density at radius 3 is 2.92 bits per heavy atom. The second kappa shape index (κ2) is 8.15. The summed E-state index contributed by atoms with van der Waals surface area (Å²) in [5.41, 5.74) is 2.68. The number of aryl methyl sites for hydroxylation is 1. The third-order valence-electron chi connectivity index (χ3n) is 4.88. The quantitative estimate of drug-likeness (QED) is 0.823. The first-order valence-corrected chi connectivity index (χ1v) is 9.01. The summed E-state index contributed by atoms with van der Waals surface area (Å²) in [4.78, 5) is 14.5. The van der Waals surface area contributed by atoms with Crippen LogP contribution < -0.4 is 5.32 Å². The minimum absolute atomic E-state index is 0.0456. The molecule has 0 saturated carbocycles. The van der Waals surface area contributed by atoms with Crippen molar-refractivity contribution in [2.24, 2.45) is 5.92 Å². The number of fused-ring (bicyclic) bond motifs is 1. The number of ether oxygens (including phenoxy) is 1. The van der Waals surface area contributed by atoms with Gasteiger partial charge in [0.1, 0.15) is 0 Å². The van der Waals surface area contributed by atoms with Crippen molar-refractivity contribution in [1.29, 1.82) is 0 Å². The molecule has 1 aliphatic carbocycles. The van der Waals surface area contributed by atoms with E-state index in [1.165, 1.54) is 11.1 Å². The zero-order valence-corrected chi connectivity index (χ0v) is 14.7. The van der Waals surface area contributed by atoms with Gasteiger partial charge in [0, 0.05) is 36.7 Å². The minimum Gasteiger partial charge on any atom is -0.381 e. The summed E-state index contributed by atoms with van der Waals surface area (Å²) in [6.45, 7) is 6.93. The highest BCUT2D eigenvalue weighted by molar-refractivity contribution is 6.29. The number of benzene rings is 1. The van der Waals surface area contributed by atoms with E-state index in [1.54, 1.807) is 0 Å². The van der Waals surface area contributed by atoms with Gasteiger partial charge >= 0.3 is 0 Å². The molecule has 130 valence electrons. The van der Waals surface area contributed by atoms with Crippen LogP contribution in [0.5, 0.6) is 0 Å². The molecule has 0 unspecified atom stereocenters. The first-order chi connectivity index (χ1) is 11.6. The number of hydrogen-bond donors (Lipinski definition) is 1. The van der Waals surface area contributed by atoms with Crippen molar-refractivity contribution in [1.82, 2.24) is 10.2 Å². The Balaban J connectivity index is 1.61. The number of nitrogens with zero attached hydrogens (tertiary/aromatic N) is 1. The van der Waals surface area contributed by atoms with Gasteiger partial charge in [-0.05, 0) is 30.4 Å². The Labute approximate surface area is 148 Å². The SMILES string of the molecule is C=C(Cl)CN(CC(=O)NC[C@@H]1CCOC1)[C@H]1CCc2ccccc21. The highest BCUT2D eigenvalue weighted by Gasteiger charge is 2.29. The molecule has 0 bridgehead atoms. The maximum atomic E-state index is 12.4. The number of halogens is 1. The standard InChI is InChI=1S/C19H25ClN2O2/c1-14(20)11-22(12-19(23)21-10-15-8-9-24-13-15)18-7-6-16-4-2-3-5-17(16)18/h2-5,15,18H,1,6-13H2,(H,21,23)/t15-,18-/m0/s1. The molecule has 3 rings (SSSR count). The van der Waals surface area contributed by atoms with Gasteiger partial charge in [-0.1, -0.05) is 42.4 Å². The van der Waals surface area contributed by atoms with Crippen LogP contribution in [-0.4, -0.2) is 43.7 Å². The van der Waals surface area contributed by atoms with Gasteiger partial charge in [-0.25, -0.2) is 0 Å². The summed E-state index contributed by atoms with van der Waals surface area (Å²) < 4.78 is 5.35. The van der Waals surface area contributed by atoms with Crippen molar-refractivity contribution in [2.75, 3.05) is 32.8 Å². The van der Waals surface area contributed by atoms with Gasteiger partial charge < -0.3 is 10.1 Å². The predicted octanol–water partition coefficient (Wildman–Crippen LogP) is 2.88. The molecule has 1 aromatic rings. The highest BCUT2D eigenvalue weighted by atomic mass is 35.5. The molecule has 1 heterocycles. The number of amides is 1. The zero-order valence-electron chi connectivity index (χ0n) is 14.0. The molecule has 4 nitrogen and oxygen atoms in total. The van der Waals surface area contributed by atoms with Crippen LogP contribution in [0.15, 0.2) is 35.9 Å². The fourth-order valence-corrected chi connectivity index (χ4v) is 3.81. The number of rotatable bonds is 7. The second-order valence-electron chi connectivity index (χ2n) is 6.71. The fourth-order valence-electron chi connectivity index (χ4n) is 3.65. The molecule has 1 saturated heterocycles. The summed E-state index contributed by atoms with van der Waals surface area (Å²) in [5.74, 6) is 0.488. The number of hydrogen-bond acceptors (Lipinski definition) is 3. The van der Waals surface area contributed by atoms with Gasteiger partial charge in [-0.15, -0.1) is 0 Å². The van der Waals surface area contributed by atoms with E-state index in [0.717, 1.165) is 32.5 Å². The Bertz CT molecular complexity index is 599. The lowest BCUT2D eigenvalue weighted by Gasteiger charge is -2.29. The summed E-state index contributed by atoms with van der Waals surface area (Å²) >= 11 is 6.06. The third kappa shape index (κ3) is 4.38. The lowest BCUT2D eigenvalue weighted by atomic mass is 10.1. The van der Waals surface area contributed by atoms with Crippen molar-refractivity contribution >= 4 is 17.5 Å². The van der Waals surface area contributed by atoms with Gasteiger partial charge in [0.2, 0.25) is 5.91 Å². The molecule has 1 amide bonds.